The summed E-state index contributed by atoms with van der Waals surface area (Å²) in [4.78, 5) is 0.203. The summed E-state index contributed by atoms with van der Waals surface area (Å²) in [5.41, 5.74) is 0. The minimum absolute atomic E-state index is 0.0108. The van der Waals surface area contributed by atoms with Crippen molar-refractivity contribution in [3.63, 3.8) is 0 Å². The fourth-order valence-electron chi connectivity index (χ4n) is 3.12. The van der Waals surface area contributed by atoms with E-state index in [4.69, 9.17) is 4.74 Å². The maximum Gasteiger partial charge on any atom is 0.243 e. The molecule has 134 valence electrons. The van der Waals surface area contributed by atoms with Crippen molar-refractivity contribution < 1.29 is 21.6 Å². The van der Waals surface area contributed by atoms with Crippen LogP contribution >= 0.6 is 0 Å². The van der Waals surface area contributed by atoms with Crippen molar-refractivity contribution in [1.82, 2.24) is 8.61 Å². The zero-order valence-corrected chi connectivity index (χ0v) is 15.0. The van der Waals surface area contributed by atoms with Gasteiger partial charge in [0.1, 0.15) is 0 Å². The Morgan fingerprint density at radius 3 is 2.25 bits per heavy atom. The van der Waals surface area contributed by atoms with E-state index in [1.165, 1.54) is 20.7 Å². The number of hydrogen-bond donors (Lipinski definition) is 0. The highest BCUT2D eigenvalue weighted by Crippen LogP contribution is 2.25. The Balaban J connectivity index is 1.79. The molecule has 0 amide bonds. The van der Waals surface area contributed by atoms with Crippen LogP contribution < -0.4 is 0 Å². The molecule has 2 heterocycles. The molecule has 1 aromatic rings. The second-order valence-corrected chi connectivity index (χ2v) is 10.1. The van der Waals surface area contributed by atoms with E-state index in [1.807, 2.05) is 0 Å². The molecule has 9 heteroatoms. The normalized spacial score (nSPS) is 24.8. The van der Waals surface area contributed by atoms with Crippen LogP contribution in [0, 0.1) is 0 Å². The molecular weight excluding hydrogens is 352 g/mol. The van der Waals surface area contributed by atoms with Crippen molar-refractivity contribution in [1.29, 1.82) is 0 Å². The Morgan fingerprint density at radius 1 is 0.917 bits per heavy atom. The van der Waals surface area contributed by atoms with Crippen molar-refractivity contribution in [2.24, 2.45) is 0 Å². The van der Waals surface area contributed by atoms with Gasteiger partial charge in [0, 0.05) is 26.2 Å². The molecule has 2 saturated heterocycles. The summed E-state index contributed by atoms with van der Waals surface area (Å²) < 4.78 is 59.0. The van der Waals surface area contributed by atoms with Gasteiger partial charge in [0.25, 0.3) is 0 Å². The van der Waals surface area contributed by atoms with Gasteiger partial charge in [0.15, 0.2) is 0 Å². The maximum absolute atomic E-state index is 12.8. The van der Waals surface area contributed by atoms with Crippen LogP contribution in [0.1, 0.15) is 12.8 Å². The van der Waals surface area contributed by atoms with E-state index in [2.05, 4.69) is 0 Å². The highest BCUT2D eigenvalue weighted by atomic mass is 32.2. The van der Waals surface area contributed by atoms with Crippen molar-refractivity contribution in [2.75, 3.05) is 39.4 Å². The minimum atomic E-state index is -3.66. The molecule has 2 aliphatic rings. The molecule has 2 fully saturated rings. The molecule has 0 spiro atoms. The first-order chi connectivity index (χ1) is 11.4. The lowest BCUT2D eigenvalue weighted by atomic mass is 10.2. The van der Waals surface area contributed by atoms with Crippen molar-refractivity contribution in [3.05, 3.63) is 30.3 Å². The molecule has 1 aromatic carbocycles. The van der Waals surface area contributed by atoms with Crippen LogP contribution in [-0.4, -0.2) is 70.1 Å². The first-order valence-corrected chi connectivity index (χ1v) is 11.0. The van der Waals surface area contributed by atoms with Gasteiger partial charge in [0.2, 0.25) is 20.0 Å². The lowest BCUT2D eigenvalue weighted by Gasteiger charge is -2.35. The number of sulfonamides is 2. The maximum atomic E-state index is 12.8. The summed E-state index contributed by atoms with van der Waals surface area (Å²) in [6, 6.07) is 8.16. The van der Waals surface area contributed by atoms with Crippen LogP contribution in [0.4, 0.5) is 0 Å². The van der Waals surface area contributed by atoms with E-state index in [1.54, 1.807) is 18.2 Å². The smallest absolute Gasteiger partial charge is 0.243 e. The van der Waals surface area contributed by atoms with E-state index >= 15 is 0 Å². The topological polar surface area (TPSA) is 84.0 Å². The van der Waals surface area contributed by atoms with Gasteiger partial charge in [-0.3, -0.25) is 0 Å². The Morgan fingerprint density at radius 2 is 1.58 bits per heavy atom. The summed E-state index contributed by atoms with van der Waals surface area (Å²) >= 11 is 0. The molecule has 2 aliphatic heterocycles. The molecule has 0 radical (unpaired) electrons. The monoisotopic (exact) mass is 374 g/mol. The Labute approximate surface area is 143 Å². The fourth-order valence-corrected chi connectivity index (χ4v) is 6.67. The molecule has 0 saturated carbocycles. The molecule has 0 unspecified atom stereocenters. The average Bonchev–Trinajstić information content (AvgIpc) is 2.63. The standard InChI is InChI=1S/C15H22N2O5S2/c18-23(19,14-5-2-1-3-6-14)17-8-4-7-15(13-17)24(20,21)16-9-11-22-12-10-16/h1-3,5-6,15H,4,7-13H2/t15-/m0/s1. The predicted octanol–water partition coefficient (Wildman–Crippen LogP) is 0.502. The molecule has 3 rings (SSSR count). The first-order valence-electron chi connectivity index (χ1n) is 8.04. The van der Waals surface area contributed by atoms with Crippen LogP contribution in [-0.2, 0) is 24.8 Å². The van der Waals surface area contributed by atoms with Gasteiger partial charge in [0.05, 0.1) is 23.4 Å². The Kier molecular flexibility index (Phi) is 5.26. The fraction of sp³-hybridized carbons (Fsp3) is 0.600. The van der Waals surface area contributed by atoms with Crippen molar-refractivity contribution in [2.45, 2.75) is 23.0 Å². The third-order valence-corrected chi connectivity index (χ3v) is 8.66. The molecule has 0 aromatic heterocycles. The third kappa shape index (κ3) is 3.50. The summed E-state index contributed by atoms with van der Waals surface area (Å²) in [5.74, 6) is 0. The third-order valence-electron chi connectivity index (χ3n) is 4.47. The average molecular weight is 374 g/mol. The molecule has 7 nitrogen and oxygen atoms in total. The molecule has 0 N–H and O–H groups in total. The zero-order chi connectivity index (χ0) is 17.2. The molecule has 0 aliphatic carbocycles. The van der Waals surface area contributed by atoms with Crippen LogP contribution in [0.3, 0.4) is 0 Å². The largest absolute Gasteiger partial charge is 0.379 e. The number of morpholine rings is 1. The quantitative estimate of drug-likeness (QED) is 0.766. The number of benzene rings is 1. The lowest BCUT2D eigenvalue weighted by Crippen LogP contribution is -2.51. The van der Waals surface area contributed by atoms with Gasteiger partial charge >= 0.3 is 0 Å². The van der Waals surface area contributed by atoms with Gasteiger partial charge in [-0.2, -0.15) is 8.61 Å². The van der Waals surface area contributed by atoms with Crippen LogP contribution in [0.25, 0.3) is 0 Å². The number of rotatable bonds is 4. The second kappa shape index (κ2) is 7.09. The summed E-state index contributed by atoms with van der Waals surface area (Å²) in [7, 11) is -7.17. The van der Waals surface area contributed by atoms with E-state index < -0.39 is 25.3 Å². The molecular formula is C15H22N2O5S2. The lowest BCUT2D eigenvalue weighted by molar-refractivity contribution is 0.0722. The van der Waals surface area contributed by atoms with E-state index in [9.17, 15) is 16.8 Å². The highest BCUT2D eigenvalue weighted by molar-refractivity contribution is 7.90. The van der Waals surface area contributed by atoms with Crippen LogP contribution in [0.5, 0.6) is 0 Å². The van der Waals surface area contributed by atoms with Crippen LogP contribution in [0.2, 0.25) is 0 Å². The Bertz CT molecular complexity index is 758. The molecule has 1 atom stereocenters. The number of hydrogen-bond acceptors (Lipinski definition) is 5. The zero-order valence-electron chi connectivity index (χ0n) is 13.4. The number of ether oxygens (including phenoxy) is 1. The van der Waals surface area contributed by atoms with E-state index in [0.717, 1.165) is 0 Å². The Hall–Kier alpha value is -1.00. The van der Waals surface area contributed by atoms with Gasteiger partial charge in [-0.1, -0.05) is 18.2 Å². The number of piperidine rings is 1. The van der Waals surface area contributed by atoms with Gasteiger partial charge in [-0.15, -0.1) is 0 Å². The summed E-state index contributed by atoms with van der Waals surface area (Å²) in [6.45, 7) is 1.81. The summed E-state index contributed by atoms with van der Waals surface area (Å²) in [5, 5.41) is -0.692. The molecule has 0 bridgehead atoms. The van der Waals surface area contributed by atoms with E-state index in [0.29, 0.717) is 45.7 Å². The highest BCUT2D eigenvalue weighted by Gasteiger charge is 2.39. The van der Waals surface area contributed by atoms with E-state index in [-0.39, 0.29) is 11.4 Å². The molecule has 24 heavy (non-hydrogen) atoms. The van der Waals surface area contributed by atoms with Crippen molar-refractivity contribution >= 4 is 20.0 Å². The predicted molar refractivity (Wildman–Crippen MR) is 89.5 cm³/mol. The first kappa shape index (κ1) is 17.8. The van der Waals surface area contributed by atoms with Gasteiger partial charge < -0.3 is 4.74 Å². The van der Waals surface area contributed by atoms with Crippen molar-refractivity contribution in [3.8, 4) is 0 Å². The summed E-state index contributed by atoms with van der Waals surface area (Å²) in [6.07, 6.45) is 1.03. The van der Waals surface area contributed by atoms with Gasteiger partial charge in [-0.05, 0) is 25.0 Å². The minimum Gasteiger partial charge on any atom is -0.379 e. The van der Waals surface area contributed by atoms with Crippen LogP contribution in [0.15, 0.2) is 35.2 Å². The SMILES string of the molecule is O=S(=O)(c1ccccc1)N1CCC[C@H](S(=O)(=O)N2CCOCC2)C1. The van der Waals surface area contributed by atoms with Gasteiger partial charge in [-0.25, -0.2) is 16.8 Å². The second-order valence-electron chi connectivity index (χ2n) is 6.00. The number of nitrogens with zero attached hydrogens (tertiary/aromatic N) is 2.